The van der Waals surface area contributed by atoms with Crippen molar-refractivity contribution in [2.45, 2.75) is 26.4 Å². The van der Waals surface area contributed by atoms with E-state index >= 15 is 0 Å². The lowest BCUT2D eigenvalue weighted by Crippen LogP contribution is -2.39. The Kier molecular flexibility index (Phi) is 8.21. The van der Waals surface area contributed by atoms with Crippen LogP contribution in [0.25, 0.3) is 10.9 Å². The van der Waals surface area contributed by atoms with Gasteiger partial charge in [-0.15, -0.1) is 0 Å². The zero-order valence-electron chi connectivity index (χ0n) is 21.4. The van der Waals surface area contributed by atoms with Crippen LogP contribution in [-0.2, 0) is 29.0 Å². The lowest BCUT2D eigenvalue weighted by atomic mass is 10.1. The number of amides is 1. The Bertz CT molecular complexity index is 1150. The second-order valence-corrected chi connectivity index (χ2v) is 9.70. The first-order valence-electron chi connectivity index (χ1n) is 13.3. The molecule has 0 aliphatic carbocycles. The van der Waals surface area contributed by atoms with Gasteiger partial charge in [-0.05, 0) is 24.6 Å². The van der Waals surface area contributed by atoms with Crippen molar-refractivity contribution in [3.8, 4) is 5.75 Å². The number of ether oxygens (including phenoxy) is 2. The Balaban J connectivity index is 1.33. The number of hydrogen-bond donors (Lipinski definition) is 0. The maximum Gasteiger partial charge on any atom is 0.227 e. The van der Waals surface area contributed by atoms with Gasteiger partial charge in [-0.2, -0.15) is 0 Å². The van der Waals surface area contributed by atoms with Crippen LogP contribution in [0.5, 0.6) is 5.75 Å². The first kappa shape index (κ1) is 24.8. The number of benzene rings is 2. The smallest absolute Gasteiger partial charge is 0.227 e. The molecule has 0 saturated carbocycles. The Labute approximate surface area is 214 Å². The van der Waals surface area contributed by atoms with Crippen molar-refractivity contribution in [2.24, 2.45) is 0 Å². The van der Waals surface area contributed by atoms with Gasteiger partial charge in [0.2, 0.25) is 5.91 Å². The Morgan fingerprint density at radius 2 is 1.61 bits per heavy atom. The molecule has 0 unspecified atom stereocenters. The maximum atomic E-state index is 13.0. The topological polar surface area (TPSA) is 50.2 Å². The van der Waals surface area contributed by atoms with E-state index in [2.05, 4.69) is 51.8 Å². The minimum absolute atomic E-state index is 0.162. The summed E-state index contributed by atoms with van der Waals surface area (Å²) in [4.78, 5) is 19.9. The highest BCUT2D eigenvalue weighted by molar-refractivity contribution is 5.84. The van der Waals surface area contributed by atoms with Gasteiger partial charge in [0.25, 0.3) is 0 Å². The van der Waals surface area contributed by atoms with E-state index in [9.17, 15) is 4.79 Å². The fourth-order valence-corrected chi connectivity index (χ4v) is 5.29. The number of likely N-dealkylation sites (N-methyl/N-ethyl adjacent to an activating group) is 1. The molecule has 0 bridgehead atoms. The van der Waals surface area contributed by atoms with E-state index in [1.807, 2.05) is 29.2 Å². The molecular formula is C29H38N4O3. The third-order valence-electron chi connectivity index (χ3n) is 7.43. The molecule has 5 rings (SSSR count). The number of para-hydroxylation sites is 2. The van der Waals surface area contributed by atoms with Crippen molar-refractivity contribution in [1.29, 1.82) is 0 Å². The Hall–Kier alpha value is -2.87. The second kappa shape index (κ2) is 11.9. The van der Waals surface area contributed by atoms with E-state index in [0.29, 0.717) is 13.0 Å². The van der Waals surface area contributed by atoms with Crippen LogP contribution in [0.3, 0.4) is 0 Å². The molecule has 1 aromatic heterocycles. The lowest BCUT2D eigenvalue weighted by Gasteiger charge is -2.27. The highest BCUT2D eigenvalue weighted by Crippen LogP contribution is 2.24. The average molecular weight is 491 g/mol. The van der Waals surface area contributed by atoms with E-state index in [-0.39, 0.29) is 5.91 Å². The predicted octanol–water partition coefficient (Wildman–Crippen LogP) is 3.26. The molecular weight excluding hydrogens is 452 g/mol. The number of rotatable bonds is 6. The van der Waals surface area contributed by atoms with Gasteiger partial charge >= 0.3 is 0 Å². The van der Waals surface area contributed by atoms with Gasteiger partial charge in [-0.1, -0.05) is 36.4 Å². The van der Waals surface area contributed by atoms with Crippen molar-refractivity contribution in [1.82, 2.24) is 19.3 Å². The van der Waals surface area contributed by atoms with Crippen LogP contribution in [-0.4, -0.2) is 90.8 Å². The molecule has 1 saturated heterocycles. The minimum Gasteiger partial charge on any atom is -0.492 e. The molecule has 0 atom stereocenters. The molecule has 3 aromatic rings. The summed E-state index contributed by atoms with van der Waals surface area (Å²) in [5, 5.41) is 1.31. The van der Waals surface area contributed by atoms with Gasteiger partial charge < -0.3 is 18.9 Å². The van der Waals surface area contributed by atoms with E-state index in [0.717, 1.165) is 83.4 Å². The van der Waals surface area contributed by atoms with Crippen molar-refractivity contribution in [3.05, 3.63) is 65.9 Å². The SMILES string of the molecule is CCN1CCN(Cc2cn(CCN3CCOCC3)c3ccccc23)CCOc2ccccc2CC1=O. The summed E-state index contributed by atoms with van der Waals surface area (Å²) in [6.45, 7) is 12.3. The Morgan fingerprint density at radius 1 is 0.833 bits per heavy atom. The van der Waals surface area contributed by atoms with Gasteiger partial charge in [-0.25, -0.2) is 0 Å². The summed E-state index contributed by atoms with van der Waals surface area (Å²) >= 11 is 0. The van der Waals surface area contributed by atoms with Crippen LogP contribution < -0.4 is 4.74 Å². The van der Waals surface area contributed by atoms with E-state index in [1.165, 1.54) is 16.5 Å². The van der Waals surface area contributed by atoms with Crippen molar-refractivity contribution in [2.75, 3.05) is 65.6 Å². The molecule has 3 heterocycles. The summed E-state index contributed by atoms with van der Waals surface area (Å²) in [6.07, 6.45) is 2.72. The number of fused-ring (bicyclic) bond motifs is 2. The quantitative estimate of drug-likeness (QED) is 0.531. The molecule has 1 fully saturated rings. The molecule has 192 valence electrons. The molecule has 36 heavy (non-hydrogen) atoms. The summed E-state index contributed by atoms with van der Waals surface area (Å²) in [7, 11) is 0. The average Bonchev–Trinajstić information content (AvgIpc) is 3.25. The van der Waals surface area contributed by atoms with Gasteiger partial charge in [0, 0.05) is 81.6 Å². The molecule has 0 N–H and O–H groups in total. The number of carbonyl (C=O) groups excluding carboxylic acids is 1. The largest absolute Gasteiger partial charge is 0.492 e. The van der Waals surface area contributed by atoms with Crippen LogP contribution in [0.2, 0.25) is 0 Å². The number of morpholine rings is 1. The highest BCUT2D eigenvalue weighted by Gasteiger charge is 2.20. The third kappa shape index (κ3) is 5.91. The number of nitrogens with zero attached hydrogens (tertiary/aromatic N) is 4. The number of hydrogen-bond acceptors (Lipinski definition) is 5. The van der Waals surface area contributed by atoms with Crippen molar-refractivity contribution in [3.63, 3.8) is 0 Å². The van der Waals surface area contributed by atoms with Crippen LogP contribution in [0.15, 0.2) is 54.7 Å². The zero-order valence-corrected chi connectivity index (χ0v) is 21.4. The Morgan fingerprint density at radius 3 is 2.47 bits per heavy atom. The minimum atomic E-state index is 0.162. The summed E-state index contributed by atoms with van der Waals surface area (Å²) in [5.41, 5.74) is 3.59. The van der Waals surface area contributed by atoms with E-state index < -0.39 is 0 Å². The van der Waals surface area contributed by atoms with Crippen LogP contribution in [0, 0.1) is 0 Å². The lowest BCUT2D eigenvalue weighted by molar-refractivity contribution is -0.130. The zero-order chi connectivity index (χ0) is 24.7. The molecule has 0 spiro atoms. The second-order valence-electron chi connectivity index (χ2n) is 9.70. The highest BCUT2D eigenvalue weighted by atomic mass is 16.5. The molecule has 2 aliphatic rings. The molecule has 2 aromatic carbocycles. The van der Waals surface area contributed by atoms with Crippen LogP contribution >= 0.6 is 0 Å². The molecule has 7 nitrogen and oxygen atoms in total. The standard InChI is InChI=1S/C29H38N4O3/c1-2-32-13-12-31(17-20-36-28-10-6-3-7-24(28)21-29(32)34)22-25-23-33(27-9-5-4-8-26(25)27)14-11-30-15-18-35-19-16-30/h3-10,23H,2,11-22H2,1H3. The first-order chi connectivity index (χ1) is 17.7. The number of aromatic nitrogens is 1. The fraction of sp³-hybridized carbons (Fsp3) is 0.483. The fourth-order valence-electron chi connectivity index (χ4n) is 5.29. The summed E-state index contributed by atoms with van der Waals surface area (Å²) in [5.74, 6) is 0.985. The van der Waals surface area contributed by atoms with E-state index in [4.69, 9.17) is 9.47 Å². The molecule has 1 amide bonds. The van der Waals surface area contributed by atoms with Crippen LogP contribution in [0.4, 0.5) is 0 Å². The van der Waals surface area contributed by atoms with Gasteiger partial charge in [0.1, 0.15) is 12.4 Å². The van der Waals surface area contributed by atoms with Crippen molar-refractivity contribution >= 4 is 16.8 Å². The first-order valence-corrected chi connectivity index (χ1v) is 13.3. The van der Waals surface area contributed by atoms with Crippen LogP contribution in [0.1, 0.15) is 18.1 Å². The molecule has 7 heteroatoms. The molecule has 2 aliphatic heterocycles. The van der Waals surface area contributed by atoms with Gasteiger partial charge in [0.05, 0.1) is 19.6 Å². The van der Waals surface area contributed by atoms with Crippen molar-refractivity contribution < 1.29 is 14.3 Å². The van der Waals surface area contributed by atoms with Gasteiger partial charge in [0.15, 0.2) is 0 Å². The predicted molar refractivity (Wildman–Crippen MR) is 142 cm³/mol. The maximum absolute atomic E-state index is 13.0. The van der Waals surface area contributed by atoms with E-state index in [1.54, 1.807) is 0 Å². The summed E-state index contributed by atoms with van der Waals surface area (Å²) in [6, 6.07) is 16.6. The van der Waals surface area contributed by atoms with Gasteiger partial charge in [-0.3, -0.25) is 14.6 Å². The monoisotopic (exact) mass is 490 g/mol. The molecule has 0 radical (unpaired) electrons. The normalized spacial score (nSPS) is 18.6. The summed E-state index contributed by atoms with van der Waals surface area (Å²) < 4.78 is 14.1. The third-order valence-corrected chi connectivity index (χ3v) is 7.43. The number of carbonyl (C=O) groups is 1.